The molecule has 9 heteroatoms. The van der Waals surface area contributed by atoms with Crippen LogP contribution in [0.25, 0.3) is 0 Å². The third-order valence-corrected chi connectivity index (χ3v) is 8.17. The molecule has 5 rings (SSSR count). The molecule has 0 radical (unpaired) electrons. The molecule has 3 aliphatic carbocycles. The molecule has 2 aromatic carbocycles. The summed E-state index contributed by atoms with van der Waals surface area (Å²) in [5, 5.41) is 32.8. The predicted octanol–water partition coefficient (Wildman–Crippen LogP) is 1.99. The van der Waals surface area contributed by atoms with Crippen LogP contribution in [-0.2, 0) is 16.0 Å². The van der Waals surface area contributed by atoms with Gasteiger partial charge in [-0.3, -0.25) is 14.4 Å². The summed E-state index contributed by atoms with van der Waals surface area (Å²) < 4.78 is 11.7. The van der Waals surface area contributed by atoms with Gasteiger partial charge in [0.15, 0.2) is 17.3 Å². The Kier molecular flexibility index (Phi) is 6.23. The van der Waals surface area contributed by atoms with Gasteiger partial charge in [0, 0.05) is 35.6 Å². The number of nitrogens with two attached hydrogens (primary N) is 1. The summed E-state index contributed by atoms with van der Waals surface area (Å²) in [6.45, 7) is 3.14. The van der Waals surface area contributed by atoms with Crippen LogP contribution in [0.2, 0.25) is 0 Å². The van der Waals surface area contributed by atoms with E-state index < -0.39 is 47.0 Å². The van der Waals surface area contributed by atoms with Gasteiger partial charge in [0.25, 0.3) is 0 Å². The van der Waals surface area contributed by atoms with Crippen molar-refractivity contribution in [1.82, 2.24) is 0 Å². The van der Waals surface area contributed by atoms with E-state index in [2.05, 4.69) is 0 Å². The molecule has 0 saturated heterocycles. The van der Waals surface area contributed by atoms with Gasteiger partial charge in [0.1, 0.15) is 17.1 Å². The first-order chi connectivity index (χ1) is 17.5. The highest BCUT2D eigenvalue weighted by molar-refractivity contribution is 6.30. The monoisotopic (exact) mass is 509 g/mol. The lowest BCUT2D eigenvalue weighted by Crippen LogP contribution is -2.49. The lowest BCUT2D eigenvalue weighted by molar-refractivity contribution is -0.146. The minimum Gasteiger partial charge on any atom is -0.507 e. The summed E-state index contributed by atoms with van der Waals surface area (Å²) in [4.78, 5) is 39.5. The Morgan fingerprint density at radius 2 is 1.84 bits per heavy atom. The van der Waals surface area contributed by atoms with Crippen molar-refractivity contribution in [3.05, 3.63) is 57.6 Å². The van der Waals surface area contributed by atoms with Crippen molar-refractivity contribution in [3.8, 4) is 11.5 Å². The second-order valence-electron chi connectivity index (χ2n) is 10.6. The molecule has 2 aromatic rings. The van der Waals surface area contributed by atoms with Gasteiger partial charge in [-0.2, -0.15) is 0 Å². The molecular formula is C28H31NO8. The van der Waals surface area contributed by atoms with Gasteiger partial charge < -0.3 is 30.5 Å². The van der Waals surface area contributed by atoms with Crippen LogP contribution in [-0.4, -0.2) is 63.6 Å². The van der Waals surface area contributed by atoms with E-state index in [0.717, 1.165) is 0 Å². The van der Waals surface area contributed by atoms with Crippen LogP contribution in [0.1, 0.15) is 82.2 Å². The average molecular weight is 510 g/mol. The van der Waals surface area contributed by atoms with E-state index in [1.165, 1.54) is 26.2 Å². The Morgan fingerprint density at radius 1 is 1.14 bits per heavy atom. The smallest absolute Gasteiger partial charge is 0.198 e. The molecule has 0 amide bonds. The zero-order valence-electron chi connectivity index (χ0n) is 21.0. The summed E-state index contributed by atoms with van der Waals surface area (Å²) >= 11 is 0. The molecule has 1 fully saturated rings. The summed E-state index contributed by atoms with van der Waals surface area (Å²) in [5.74, 6) is -1.81. The van der Waals surface area contributed by atoms with Gasteiger partial charge in [-0.05, 0) is 43.4 Å². The molecule has 37 heavy (non-hydrogen) atoms. The number of ether oxygens (including phenoxy) is 2. The SMILES string of the molecule is COc1cccc2c1C(=O)c1cc3c(c(O)c1C2=O)C[C@@](O)(C(C)=O)C[C@@H]3O[C@H]1CC(N)C(O)[C@H](C)C1. The number of aliphatic hydroxyl groups excluding tert-OH is 1. The molecule has 0 aliphatic heterocycles. The number of Topliss-reactive ketones (excluding diaryl/α,β-unsaturated/α-hetero) is 1. The van der Waals surface area contributed by atoms with E-state index in [1.54, 1.807) is 12.1 Å². The van der Waals surface area contributed by atoms with E-state index in [1.807, 2.05) is 6.92 Å². The van der Waals surface area contributed by atoms with Crippen molar-refractivity contribution >= 4 is 17.3 Å². The second-order valence-corrected chi connectivity index (χ2v) is 10.6. The van der Waals surface area contributed by atoms with Gasteiger partial charge in [-0.1, -0.05) is 19.1 Å². The van der Waals surface area contributed by atoms with Crippen molar-refractivity contribution < 1.29 is 39.2 Å². The normalized spacial score (nSPS) is 30.8. The maximum absolute atomic E-state index is 13.6. The largest absolute Gasteiger partial charge is 0.507 e. The fourth-order valence-electron chi connectivity index (χ4n) is 6.04. The molecule has 9 nitrogen and oxygen atoms in total. The maximum atomic E-state index is 13.6. The number of carbonyl (C=O) groups excluding carboxylic acids is 3. The standard InChI is InChI=1S/C28H31NO8/c1-12-7-14(8-19(29)24(12)31)37-21-11-28(35,13(2)30)10-18-16(21)9-17-23(27(18)34)25(32)15-5-4-6-20(36-3)22(15)26(17)33/h4-6,9,12,14,19,21,24,31,34-35H,7-8,10-11,29H2,1-3H3/t12-,14-,19?,21+,24?,28+/m1/s1. The first-order valence-corrected chi connectivity index (χ1v) is 12.4. The number of ketones is 3. The summed E-state index contributed by atoms with van der Waals surface area (Å²) in [7, 11) is 1.41. The number of rotatable bonds is 4. The number of phenolic OH excluding ortho intramolecular Hbond substituents is 1. The molecule has 6 atom stereocenters. The minimum absolute atomic E-state index is 0.0178. The van der Waals surface area contributed by atoms with Crippen LogP contribution in [0.4, 0.5) is 0 Å². The number of carbonyl (C=O) groups is 3. The Morgan fingerprint density at radius 3 is 2.49 bits per heavy atom. The molecule has 5 N–H and O–H groups in total. The molecule has 2 unspecified atom stereocenters. The van der Waals surface area contributed by atoms with Crippen molar-refractivity contribution in [2.24, 2.45) is 11.7 Å². The number of aliphatic hydroxyl groups is 2. The summed E-state index contributed by atoms with van der Waals surface area (Å²) in [5.41, 5.74) is 5.02. The molecule has 0 spiro atoms. The van der Waals surface area contributed by atoms with E-state index in [4.69, 9.17) is 15.2 Å². The van der Waals surface area contributed by atoms with E-state index in [0.29, 0.717) is 18.4 Å². The molecule has 0 heterocycles. The van der Waals surface area contributed by atoms with Gasteiger partial charge >= 0.3 is 0 Å². The number of aromatic hydroxyl groups is 1. The van der Waals surface area contributed by atoms with E-state index in [9.17, 15) is 29.7 Å². The quantitative estimate of drug-likeness (QED) is 0.413. The van der Waals surface area contributed by atoms with Crippen LogP contribution >= 0.6 is 0 Å². The molecular weight excluding hydrogens is 478 g/mol. The van der Waals surface area contributed by atoms with E-state index in [-0.39, 0.29) is 58.4 Å². The first kappa shape index (κ1) is 25.5. The highest BCUT2D eigenvalue weighted by atomic mass is 16.5. The van der Waals surface area contributed by atoms with Gasteiger partial charge in [0.05, 0.1) is 36.5 Å². The Labute approximate surface area is 214 Å². The number of hydrogen-bond donors (Lipinski definition) is 4. The van der Waals surface area contributed by atoms with Gasteiger partial charge in [-0.25, -0.2) is 0 Å². The number of fused-ring (bicyclic) bond motifs is 3. The predicted molar refractivity (Wildman–Crippen MR) is 132 cm³/mol. The van der Waals surface area contributed by atoms with Crippen LogP contribution < -0.4 is 10.5 Å². The number of methoxy groups -OCH3 is 1. The fourth-order valence-corrected chi connectivity index (χ4v) is 6.04. The average Bonchev–Trinajstić information content (AvgIpc) is 2.85. The lowest BCUT2D eigenvalue weighted by Gasteiger charge is -2.42. The molecule has 3 aliphatic rings. The van der Waals surface area contributed by atoms with Gasteiger partial charge in [-0.15, -0.1) is 0 Å². The third kappa shape index (κ3) is 3.97. The van der Waals surface area contributed by atoms with Gasteiger partial charge in [0.2, 0.25) is 0 Å². The Bertz CT molecular complexity index is 1310. The zero-order chi connectivity index (χ0) is 26.8. The number of benzene rings is 2. The third-order valence-electron chi connectivity index (χ3n) is 8.17. The summed E-state index contributed by atoms with van der Waals surface area (Å²) in [6.07, 6.45) is -1.32. The van der Waals surface area contributed by atoms with Crippen LogP contribution in [0.15, 0.2) is 24.3 Å². The molecule has 1 saturated carbocycles. The zero-order valence-corrected chi connectivity index (χ0v) is 21.0. The van der Waals surface area contributed by atoms with Crippen molar-refractivity contribution in [2.45, 2.75) is 69.5 Å². The second kappa shape index (κ2) is 9.02. The minimum atomic E-state index is -1.83. The topological polar surface area (TPSA) is 156 Å². The van der Waals surface area contributed by atoms with Crippen LogP contribution in [0.5, 0.6) is 11.5 Å². The Hall–Kier alpha value is -3.11. The highest BCUT2D eigenvalue weighted by Gasteiger charge is 2.47. The van der Waals surface area contributed by atoms with E-state index >= 15 is 0 Å². The maximum Gasteiger partial charge on any atom is 0.198 e. The Balaban J connectivity index is 1.63. The van der Waals surface area contributed by atoms with Crippen molar-refractivity contribution in [3.63, 3.8) is 0 Å². The molecule has 0 bridgehead atoms. The van der Waals surface area contributed by atoms with Crippen LogP contribution in [0, 0.1) is 5.92 Å². The van der Waals surface area contributed by atoms with Crippen molar-refractivity contribution in [2.75, 3.05) is 7.11 Å². The first-order valence-electron chi connectivity index (χ1n) is 12.4. The van der Waals surface area contributed by atoms with Crippen molar-refractivity contribution in [1.29, 1.82) is 0 Å². The molecule has 0 aromatic heterocycles. The fraction of sp³-hybridized carbons (Fsp3) is 0.464. The summed E-state index contributed by atoms with van der Waals surface area (Å²) in [6, 6.07) is 5.72. The lowest BCUT2D eigenvalue weighted by atomic mass is 9.72. The number of phenols is 1. The van der Waals surface area contributed by atoms with Crippen LogP contribution in [0.3, 0.4) is 0 Å². The molecule has 196 valence electrons. The highest BCUT2D eigenvalue weighted by Crippen LogP contribution is 2.48. The number of hydrogen-bond acceptors (Lipinski definition) is 9.